The summed E-state index contributed by atoms with van der Waals surface area (Å²) in [7, 11) is 0. The van der Waals surface area contributed by atoms with Gasteiger partial charge in [-0.25, -0.2) is 0 Å². The van der Waals surface area contributed by atoms with Gasteiger partial charge in [-0.2, -0.15) is 0 Å². The first-order chi connectivity index (χ1) is 7.95. The predicted molar refractivity (Wildman–Crippen MR) is 68.7 cm³/mol. The first-order valence-corrected chi connectivity index (χ1v) is 5.64. The zero-order valence-corrected chi connectivity index (χ0v) is 10.6. The smallest absolute Gasteiger partial charge is 0.142 e. The molecule has 0 fully saturated rings. The number of rotatable bonds is 4. The Hall–Kier alpha value is -1.71. The van der Waals surface area contributed by atoms with Crippen LogP contribution in [0.5, 0.6) is 5.75 Å². The summed E-state index contributed by atoms with van der Waals surface area (Å²) < 4.78 is 5.66. The predicted octanol–water partition coefficient (Wildman–Crippen LogP) is 2.50. The molecule has 0 atom stereocenters. The molecule has 0 spiro atoms. The van der Waals surface area contributed by atoms with E-state index >= 15 is 0 Å². The van der Waals surface area contributed by atoms with Gasteiger partial charge in [-0.3, -0.25) is 0 Å². The number of para-hydroxylation sites is 1. The highest BCUT2D eigenvalue weighted by molar-refractivity contribution is 5.79. The van der Waals surface area contributed by atoms with E-state index in [1.165, 1.54) is 0 Å². The van der Waals surface area contributed by atoms with E-state index in [0.29, 0.717) is 13.0 Å². The largest absolute Gasteiger partial charge is 0.493 e. The van der Waals surface area contributed by atoms with Crippen molar-refractivity contribution < 1.29 is 9.94 Å². The Kier molecular flexibility index (Phi) is 4.37. The standard InChI is InChI=1S/C13H20N2O2/c1-13(2,3)10-6-4-5-7-11(10)17-9-8-12(14)15-16/h4-7,16H,8-9H2,1-3H3,(H2,14,15). The minimum Gasteiger partial charge on any atom is -0.493 e. The van der Waals surface area contributed by atoms with Gasteiger partial charge in [0.1, 0.15) is 11.6 Å². The van der Waals surface area contributed by atoms with Crippen LogP contribution in [0.3, 0.4) is 0 Å². The third kappa shape index (κ3) is 3.98. The molecule has 0 radical (unpaired) electrons. The van der Waals surface area contributed by atoms with Gasteiger partial charge in [0.25, 0.3) is 0 Å². The van der Waals surface area contributed by atoms with E-state index < -0.39 is 0 Å². The zero-order chi connectivity index (χ0) is 12.9. The van der Waals surface area contributed by atoms with Gasteiger partial charge in [-0.15, -0.1) is 0 Å². The Balaban J connectivity index is 2.71. The molecule has 0 bridgehead atoms. The van der Waals surface area contributed by atoms with Gasteiger partial charge >= 0.3 is 0 Å². The minimum absolute atomic E-state index is 0.0349. The molecule has 0 aliphatic heterocycles. The third-order valence-corrected chi connectivity index (χ3v) is 2.44. The molecule has 0 amide bonds. The fourth-order valence-electron chi connectivity index (χ4n) is 1.53. The summed E-state index contributed by atoms with van der Waals surface area (Å²) in [6.45, 7) is 6.82. The maximum atomic E-state index is 8.42. The molecule has 1 aromatic rings. The summed E-state index contributed by atoms with van der Waals surface area (Å²) in [5.74, 6) is 1.03. The van der Waals surface area contributed by atoms with E-state index in [1.807, 2.05) is 18.2 Å². The van der Waals surface area contributed by atoms with Crippen LogP contribution in [0.15, 0.2) is 29.4 Å². The maximum Gasteiger partial charge on any atom is 0.142 e. The van der Waals surface area contributed by atoms with Gasteiger partial charge in [0.05, 0.1) is 6.61 Å². The Morgan fingerprint density at radius 2 is 2.00 bits per heavy atom. The van der Waals surface area contributed by atoms with Crippen molar-refractivity contribution in [3.8, 4) is 5.75 Å². The van der Waals surface area contributed by atoms with E-state index in [-0.39, 0.29) is 11.3 Å². The quantitative estimate of drug-likeness (QED) is 0.365. The first kappa shape index (κ1) is 13.4. The number of amidine groups is 1. The number of hydrogen-bond acceptors (Lipinski definition) is 3. The van der Waals surface area contributed by atoms with Crippen molar-refractivity contribution >= 4 is 5.84 Å². The number of hydrogen-bond donors (Lipinski definition) is 2. The number of nitrogens with two attached hydrogens (primary N) is 1. The molecule has 4 nitrogen and oxygen atoms in total. The van der Waals surface area contributed by atoms with Crippen molar-refractivity contribution in [1.29, 1.82) is 0 Å². The van der Waals surface area contributed by atoms with Crippen LogP contribution in [0.4, 0.5) is 0 Å². The highest BCUT2D eigenvalue weighted by Crippen LogP contribution is 2.30. The van der Waals surface area contributed by atoms with Crippen molar-refractivity contribution in [2.24, 2.45) is 10.9 Å². The van der Waals surface area contributed by atoms with E-state index in [9.17, 15) is 0 Å². The van der Waals surface area contributed by atoms with Crippen LogP contribution in [0.2, 0.25) is 0 Å². The summed E-state index contributed by atoms with van der Waals surface area (Å²) in [6.07, 6.45) is 0.412. The second kappa shape index (κ2) is 5.57. The molecule has 94 valence electrons. The molecule has 0 saturated carbocycles. The van der Waals surface area contributed by atoms with Crippen molar-refractivity contribution in [1.82, 2.24) is 0 Å². The summed E-state index contributed by atoms with van der Waals surface area (Å²) in [5.41, 5.74) is 6.57. The second-order valence-electron chi connectivity index (χ2n) is 4.94. The Labute approximate surface area is 102 Å². The zero-order valence-electron chi connectivity index (χ0n) is 10.6. The second-order valence-corrected chi connectivity index (χ2v) is 4.94. The van der Waals surface area contributed by atoms with Crippen LogP contribution in [-0.2, 0) is 5.41 Å². The Morgan fingerprint density at radius 1 is 1.35 bits per heavy atom. The van der Waals surface area contributed by atoms with Crippen molar-refractivity contribution in [2.75, 3.05) is 6.61 Å². The van der Waals surface area contributed by atoms with Crippen LogP contribution >= 0.6 is 0 Å². The summed E-state index contributed by atoms with van der Waals surface area (Å²) in [4.78, 5) is 0. The lowest BCUT2D eigenvalue weighted by Gasteiger charge is -2.22. The fourth-order valence-corrected chi connectivity index (χ4v) is 1.53. The van der Waals surface area contributed by atoms with E-state index in [2.05, 4.69) is 32.0 Å². The van der Waals surface area contributed by atoms with Gasteiger partial charge in [0.2, 0.25) is 0 Å². The normalized spacial score (nSPS) is 12.5. The molecule has 0 aromatic heterocycles. The lowest BCUT2D eigenvalue weighted by Crippen LogP contribution is -2.17. The van der Waals surface area contributed by atoms with Crippen LogP contribution in [-0.4, -0.2) is 17.6 Å². The Bertz CT molecular complexity index is 395. The van der Waals surface area contributed by atoms with Gasteiger partial charge in [-0.05, 0) is 17.0 Å². The topological polar surface area (TPSA) is 67.8 Å². The molecule has 1 aromatic carbocycles. The van der Waals surface area contributed by atoms with Crippen LogP contribution < -0.4 is 10.5 Å². The molecule has 0 heterocycles. The summed E-state index contributed by atoms with van der Waals surface area (Å²) in [5, 5.41) is 11.3. The molecule has 1 rings (SSSR count). The molecular formula is C13H20N2O2. The number of ether oxygens (including phenoxy) is 1. The van der Waals surface area contributed by atoms with Crippen LogP contribution in [0.1, 0.15) is 32.8 Å². The summed E-state index contributed by atoms with van der Waals surface area (Å²) >= 11 is 0. The van der Waals surface area contributed by atoms with Crippen LogP contribution in [0, 0.1) is 0 Å². The van der Waals surface area contributed by atoms with Gasteiger partial charge in [0, 0.05) is 6.42 Å². The molecular weight excluding hydrogens is 216 g/mol. The van der Waals surface area contributed by atoms with Crippen LogP contribution in [0.25, 0.3) is 0 Å². The molecule has 0 saturated heterocycles. The average molecular weight is 236 g/mol. The number of oxime groups is 1. The van der Waals surface area contributed by atoms with E-state index in [0.717, 1.165) is 11.3 Å². The molecule has 0 aliphatic carbocycles. The summed E-state index contributed by atoms with van der Waals surface area (Å²) in [6, 6.07) is 7.93. The van der Waals surface area contributed by atoms with E-state index in [1.54, 1.807) is 0 Å². The highest BCUT2D eigenvalue weighted by Gasteiger charge is 2.18. The SMILES string of the molecule is CC(C)(C)c1ccccc1OCC/C(N)=N/O. The molecule has 3 N–H and O–H groups in total. The molecule has 4 heteroatoms. The van der Waals surface area contributed by atoms with Gasteiger partial charge in [0.15, 0.2) is 0 Å². The Morgan fingerprint density at radius 3 is 2.59 bits per heavy atom. The maximum absolute atomic E-state index is 8.42. The third-order valence-electron chi connectivity index (χ3n) is 2.44. The fraction of sp³-hybridized carbons (Fsp3) is 0.462. The molecule has 17 heavy (non-hydrogen) atoms. The van der Waals surface area contributed by atoms with E-state index in [4.69, 9.17) is 15.7 Å². The van der Waals surface area contributed by atoms with Gasteiger partial charge < -0.3 is 15.7 Å². The molecule has 0 unspecified atom stereocenters. The number of nitrogens with zero attached hydrogens (tertiary/aromatic N) is 1. The monoisotopic (exact) mass is 236 g/mol. The number of benzene rings is 1. The van der Waals surface area contributed by atoms with Crippen molar-refractivity contribution in [3.05, 3.63) is 29.8 Å². The lowest BCUT2D eigenvalue weighted by atomic mass is 9.86. The molecule has 0 aliphatic rings. The first-order valence-electron chi connectivity index (χ1n) is 5.64. The average Bonchev–Trinajstić information content (AvgIpc) is 2.28. The lowest BCUT2D eigenvalue weighted by molar-refractivity contribution is 0.302. The minimum atomic E-state index is 0.0349. The van der Waals surface area contributed by atoms with Crippen molar-refractivity contribution in [2.45, 2.75) is 32.6 Å². The highest BCUT2D eigenvalue weighted by atomic mass is 16.5. The van der Waals surface area contributed by atoms with Crippen molar-refractivity contribution in [3.63, 3.8) is 0 Å². The van der Waals surface area contributed by atoms with Gasteiger partial charge in [-0.1, -0.05) is 44.1 Å².